The van der Waals surface area contributed by atoms with Gasteiger partial charge in [0, 0.05) is 6.21 Å². The number of nitrogens with zero attached hydrogens (tertiary/aromatic N) is 1. The zero-order valence-corrected chi connectivity index (χ0v) is 11.7. The summed E-state index contributed by atoms with van der Waals surface area (Å²) in [7, 11) is 0. The fourth-order valence-electron chi connectivity index (χ4n) is 1.70. The zero-order chi connectivity index (χ0) is 14.4. The standard InChI is InChI=1S/C17H17NO2/c1-3-20-17(19)15-8-6-14(7-9-15)12-18-16-10-4-13(2)5-11-16/h4-12H,3H2,1-2H3. The first-order chi connectivity index (χ1) is 9.69. The Morgan fingerprint density at radius 3 is 2.35 bits per heavy atom. The van der Waals surface area contributed by atoms with Gasteiger partial charge in [0.2, 0.25) is 0 Å². The molecule has 3 heteroatoms. The molecule has 2 rings (SSSR count). The monoisotopic (exact) mass is 267 g/mol. The lowest BCUT2D eigenvalue weighted by molar-refractivity contribution is 0.0526. The van der Waals surface area contributed by atoms with Gasteiger partial charge in [-0.1, -0.05) is 29.8 Å². The molecule has 0 amide bonds. The summed E-state index contributed by atoms with van der Waals surface area (Å²) in [5.74, 6) is -0.297. The van der Waals surface area contributed by atoms with Gasteiger partial charge >= 0.3 is 5.97 Å². The van der Waals surface area contributed by atoms with E-state index in [0.717, 1.165) is 11.3 Å². The first-order valence-corrected chi connectivity index (χ1v) is 6.57. The molecule has 102 valence electrons. The van der Waals surface area contributed by atoms with Crippen molar-refractivity contribution in [1.82, 2.24) is 0 Å². The van der Waals surface area contributed by atoms with Crippen LogP contribution in [0.15, 0.2) is 53.5 Å². The van der Waals surface area contributed by atoms with E-state index >= 15 is 0 Å². The molecule has 0 atom stereocenters. The molecule has 0 aliphatic heterocycles. The number of carbonyl (C=O) groups is 1. The third-order valence-electron chi connectivity index (χ3n) is 2.82. The number of aryl methyl sites for hydroxylation is 1. The van der Waals surface area contributed by atoms with Gasteiger partial charge in [-0.15, -0.1) is 0 Å². The maximum atomic E-state index is 11.5. The van der Waals surface area contributed by atoms with E-state index in [2.05, 4.69) is 4.99 Å². The Hall–Kier alpha value is -2.42. The summed E-state index contributed by atoms with van der Waals surface area (Å²) >= 11 is 0. The second kappa shape index (κ2) is 6.66. The highest BCUT2D eigenvalue weighted by atomic mass is 16.5. The van der Waals surface area contributed by atoms with Gasteiger partial charge in [-0.2, -0.15) is 0 Å². The normalized spacial score (nSPS) is 10.7. The number of benzene rings is 2. The first kappa shape index (κ1) is 14.0. The number of carbonyl (C=O) groups excluding carboxylic acids is 1. The lowest BCUT2D eigenvalue weighted by atomic mass is 10.1. The van der Waals surface area contributed by atoms with Crippen LogP contribution in [-0.4, -0.2) is 18.8 Å². The second-order valence-corrected chi connectivity index (χ2v) is 4.44. The molecule has 20 heavy (non-hydrogen) atoms. The van der Waals surface area contributed by atoms with Crippen molar-refractivity contribution in [3.8, 4) is 0 Å². The van der Waals surface area contributed by atoms with E-state index in [9.17, 15) is 4.79 Å². The van der Waals surface area contributed by atoms with E-state index in [1.54, 1.807) is 25.3 Å². The summed E-state index contributed by atoms with van der Waals surface area (Å²) in [4.78, 5) is 15.9. The van der Waals surface area contributed by atoms with Crippen LogP contribution in [0, 0.1) is 6.92 Å². The quantitative estimate of drug-likeness (QED) is 0.622. The molecule has 0 spiro atoms. The van der Waals surface area contributed by atoms with Crippen LogP contribution in [0.25, 0.3) is 0 Å². The minimum absolute atomic E-state index is 0.297. The predicted molar refractivity (Wildman–Crippen MR) is 80.8 cm³/mol. The molecule has 0 saturated carbocycles. The molecule has 0 aliphatic carbocycles. The third-order valence-corrected chi connectivity index (χ3v) is 2.82. The molecule has 0 unspecified atom stereocenters. The van der Waals surface area contributed by atoms with E-state index in [0.29, 0.717) is 12.2 Å². The van der Waals surface area contributed by atoms with E-state index < -0.39 is 0 Å². The van der Waals surface area contributed by atoms with E-state index in [4.69, 9.17) is 4.74 Å². The van der Waals surface area contributed by atoms with Gasteiger partial charge in [-0.3, -0.25) is 4.99 Å². The molecule has 0 N–H and O–H groups in total. The maximum absolute atomic E-state index is 11.5. The molecule has 0 fully saturated rings. The van der Waals surface area contributed by atoms with E-state index in [-0.39, 0.29) is 5.97 Å². The van der Waals surface area contributed by atoms with Gasteiger partial charge in [0.05, 0.1) is 17.9 Å². The summed E-state index contributed by atoms with van der Waals surface area (Å²) in [6, 6.07) is 15.2. The van der Waals surface area contributed by atoms with E-state index in [1.807, 2.05) is 43.3 Å². The fourth-order valence-corrected chi connectivity index (χ4v) is 1.70. The van der Waals surface area contributed by atoms with Crippen LogP contribution in [0.1, 0.15) is 28.4 Å². The molecule has 0 heterocycles. The average Bonchev–Trinajstić information content (AvgIpc) is 2.47. The summed E-state index contributed by atoms with van der Waals surface area (Å²) in [5, 5.41) is 0. The predicted octanol–water partition coefficient (Wildman–Crippen LogP) is 3.92. The Morgan fingerprint density at radius 2 is 1.75 bits per heavy atom. The van der Waals surface area contributed by atoms with Gasteiger partial charge in [0.25, 0.3) is 0 Å². The molecule has 2 aromatic carbocycles. The van der Waals surface area contributed by atoms with Crippen molar-refractivity contribution in [3.05, 3.63) is 65.2 Å². The molecular weight excluding hydrogens is 250 g/mol. The molecule has 0 radical (unpaired) electrons. The Morgan fingerprint density at radius 1 is 1.10 bits per heavy atom. The van der Waals surface area contributed by atoms with Gasteiger partial charge in [-0.25, -0.2) is 4.79 Å². The highest BCUT2D eigenvalue weighted by molar-refractivity contribution is 5.91. The Balaban J connectivity index is 2.07. The third kappa shape index (κ3) is 3.79. The topological polar surface area (TPSA) is 38.7 Å². The smallest absolute Gasteiger partial charge is 0.338 e. The second-order valence-electron chi connectivity index (χ2n) is 4.44. The van der Waals surface area contributed by atoms with Crippen LogP contribution >= 0.6 is 0 Å². The number of aliphatic imine (C=N–C) groups is 1. The van der Waals surface area contributed by atoms with Crippen molar-refractivity contribution >= 4 is 17.9 Å². The Kier molecular flexibility index (Phi) is 4.66. The highest BCUT2D eigenvalue weighted by Crippen LogP contribution is 2.13. The number of ether oxygens (including phenoxy) is 1. The minimum atomic E-state index is -0.297. The van der Waals surface area contributed by atoms with Gasteiger partial charge in [-0.05, 0) is 43.7 Å². The van der Waals surface area contributed by atoms with Crippen molar-refractivity contribution < 1.29 is 9.53 Å². The molecule has 2 aromatic rings. The van der Waals surface area contributed by atoms with E-state index in [1.165, 1.54) is 5.56 Å². The Bertz CT molecular complexity index is 598. The molecule has 0 aliphatic rings. The molecular formula is C17H17NO2. The highest BCUT2D eigenvalue weighted by Gasteiger charge is 2.04. The summed E-state index contributed by atoms with van der Waals surface area (Å²) < 4.78 is 4.94. The maximum Gasteiger partial charge on any atom is 0.338 e. The molecule has 3 nitrogen and oxygen atoms in total. The fraction of sp³-hybridized carbons (Fsp3) is 0.176. The lowest BCUT2D eigenvalue weighted by Crippen LogP contribution is -2.04. The number of rotatable bonds is 4. The van der Waals surface area contributed by atoms with Crippen molar-refractivity contribution in [2.24, 2.45) is 4.99 Å². The molecule has 0 bridgehead atoms. The van der Waals surface area contributed by atoms with Crippen molar-refractivity contribution in [1.29, 1.82) is 0 Å². The summed E-state index contributed by atoms with van der Waals surface area (Å²) in [5.41, 5.74) is 3.62. The van der Waals surface area contributed by atoms with Crippen LogP contribution in [0.3, 0.4) is 0 Å². The van der Waals surface area contributed by atoms with Crippen LogP contribution in [0.2, 0.25) is 0 Å². The lowest BCUT2D eigenvalue weighted by Gasteiger charge is -2.01. The van der Waals surface area contributed by atoms with Crippen LogP contribution in [0.4, 0.5) is 5.69 Å². The van der Waals surface area contributed by atoms with Crippen molar-refractivity contribution in [2.45, 2.75) is 13.8 Å². The Labute approximate surface area is 118 Å². The van der Waals surface area contributed by atoms with Crippen molar-refractivity contribution in [2.75, 3.05) is 6.61 Å². The largest absolute Gasteiger partial charge is 0.462 e. The van der Waals surface area contributed by atoms with Gasteiger partial charge in [0.15, 0.2) is 0 Å². The van der Waals surface area contributed by atoms with Crippen LogP contribution in [-0.2, 0) is 4.74 Å². The minimum Gasteiger partial charge on any atom is -0.462 e. The van der Waals surface area contributed by atoms with Gasteiger partial charge < -0.3 is 4.74 Å². The summed E-state index contributed by atoms with van der Waals surface area (Å²) in [6.07, 6.45) is 1.78. The number of hydrogen-bond acceptors (Lipinski definition) is 3. The van der Waals surface area contributed by atoms with Crippen LogP contribution < -0.4 is 0 Å². The summed E-state index contributed by atoms with van der Waals surface area (Å²) in [6.45, 7) is 4.22. The first-order valence-electron chi connectivity index (χ1n) is 6.57. The molecule has 0 saturated heterocycles. The number of esters is 1. The molecule has 0 aromatic heterocycles. The van der Waals surface area contributed by atoms with Crippen molar-refractivity contribution in [3.63, 3.8) is 0 Å². The van der Waals surface area contributed by atoms with Gasteiger partial charge in [0.1, 0.15) is 0 Å². The zero-order valence-electron chi connectivity index (χ0n) is 11.7. The van der Waals surface area contributed by atoms with Crippen LogP contribution in [0.5, 0.6) is 0 Å². The number of hydrogen-bond donors (Lipinski definition) is 0. The SMILES string of the molecule is CCOC(=O)c1ccc(C=Nc2ccc(C)cc2)cc1. The average molecular weight is 267 g/mol.